The van der Waals surface area contributed by atoms with Crippen LogP contribution in [0.5, 0.6) is 0 Å². The van der Waals surface area contributed by atoms with Crippen LogP contribution in [0.3, 0.4) is 0 Å². The second-order valence-electron chi connectivity index (χ2n) is 3.93. The average Bonchev–Trinajstić information content (AvgIpc) is 2.30. The first-order valence-corrected chi connectivity index (χ1v) is 6.15. The molecule has 0 saturated carbocycles. The van der Waals surface area contributed by atoms with Crippen molar-refractivity contribution in [1.29, 1.82) is 0 Å². The standard InChI is InChI=1S/C13H10Cl2N2O2/c14-7-1-3-9(11(15)5-7)10-4-2-8(6-12(18)19)17-13(10)16/h1-5H,6H2,(H2,16,17)(H,18,19). The van der Waals surface area contributed by atoms with Gasteiger partial charge in [0.2, 0.25) is 0 Å². The van der Waals surface area contributed by atoms with Gasteiger partial charge in [-0.3, -0.25) is 4.79 Å². The summed E-state index contributed by atoms with van der Waals surface area (Å²) in [7, 11) is 0. The molecule has 98 valence electrons. The summed E-state index contributed by atoms with van der Waals surface area (Å²) >= 11 is 11.9. The first kappa shape index (κ1) is 13.6. The van der Waals surface area contributed by atoms with E-state index in [0.29, 0.717) is 26.9 Å². The molecule has 1 heterocycles. The summed E-state index contributed by atoms with van der Waals surface area (Å²) in [5.41, 5.74) is 7.60. The molecule has 0 bridgehead atoms. The van der Waals surface area contributed by atoms with Gasteiger partial charge in [0.25, 0.3) is 0 Å². The van der Waals surface area contributed by atoms with Crippen LogP contribution >= 0.6 is 23.2 Å². The molecule has 1 aromatic carbocycles. The van der Waals surface area contributed by atoms with Crippen molar-refractivity contribution in [2.24, 2.45) is 0 Å². The van der Waals surface area contributed by atoms with Crippen LogP contribution in [0.25, 0.3) is 11.1 Å². The highest BCUT2D eigenvalue weighted by Crippen LogP contribution is 2.33. The van der Waals surface area contributed by atoms with Crippen molar-refractivity contribution in [3.05, 3.63) is 46.1 Å². The van der Waals surface area contributed by atoms with Gasteiger partial charge in [-0.1, -0.05) is 29.3 Å². The molecule has 4 nitrogen and oxygen atoms in total. The van der Waals surface area contributed by atoms with Crippen LogP contribution in [0.4, 0.5) is 5.82 Å². The molecular formula is C13H10Cl2N2O2. The predicted molar refractivity (Wildman–Crippen MR) is 75.4 cm³/mol. The number of carbonyl (C=O) groups is 1. The van der Waals surface area contributed by atoms with E-state index < -0.39 is 5.97 Å². The number of carboxylic acids is 1. The normalized spacial score (nSPS) is 10.4. The Labute approximate surface area is 119 Å². The van der Waals surface area contributed by atoms with E-state index in [9.17, 15) is 4.79 Å². The van der Waals surface area contributed by atoms with E-state index in [1.54, 1.807) is 30.3 Å². The fourth-order valence-corrected chi connectivity index (χ4v) is 2.22. The van der Waals surface area contributed by atoms with Crippen molar-refractivity contribution in [3.63, 3.8) is 0 Å². The number of benzene rings is 1. The summed E-state index contributed by atoms with van der Waals surface area (Å²) < 4.78 is 0. The molecule has 0 fully saturated rings. The third-order valence-electron chi connectivity index (χ3n) is 2.54. The Bertz CT molecular complexity index is 645. The molecule has 19 heavy (non-hydrogen) atoms. The van der Waals surface area contributed by atoms with Crippen molar-refractivity contribution in [2.75, 3.05) is 5.73 Å². The zero-order chi connectivity index (χ0) is 14.0. The highest BCUT2D eigenvalue weighted by atomic mass is 35.5. The van der Waals surface area contributed by atoms with Crippen molar-refractivity contribution in [1.82, 2.24) is 4.98 Å². The number of halogens is 2. The Kier molecular flexibility index (Phi) is 3.93. The smallest absolute Gasteiger partial charge is 0.309 e. The molecule has 1 aromatic heterocycles. The van der Waals surface area contributed by atoms with Crippen LogP contribution in [0.2, 0.25) is 10.0 Å². The maximum Gasteiger partial charge on any atom is 0.309 e. The molecular weight excluding hydrogens is 287 g/mol. The maximum absolute atomic E-state index is 10.6. The van der Waals surface area contributed by atoms with E-state index >= 15 is 0 Å². The number of nitrogen functional groups attached to an aromatic ring is 1. The summed E-state index contributed by atoms with van der Waals surface area (Å²) in [4.78, 5) is 14.7. The lowest BCUT2D eigenvalue weighted by atomic mass is 10.1. The first-order chi connectivity index (χ1) is 8.97. The Morgan fingerprint density at radius 3 is 2.47 bits per heavy atom. The van der Waals surface area contributed by atoms with Gasteiger partial charge in [0.15, 0.2) is 0 Å². The highest BCUT2D eigenvalue weighted by molar-refractivity contribution is 6.36. The van der Waals surface area contributed by atoms with Gasteiger partial charge >= 0.3 is 5.97 Å². The topological polar surface area (TPSA) is 76.2 Å². The Morgan fingerprint density at radius 1 is 1.21 bits per heavy atom. The molecule has 6 heteroatoms. The molecule has 0 amide bonds. The van der Waals surface area contributed by atoms with Gasteiger partial charge in [0.05, 0.1) is 17.1 Å². The minimum Gasteiger partial charge on any atom is -0.481 e. The van der Waals surface area contributed by atoms with Crippen molar-refractivity contribution in [2.45, 2.75) is 6.42 Å². The van der Waals surface area contributed by atoms with E-state index in [1.807, 2.05) is 0 Å². The van der Waals surface area contributed by atoms with Gasteiger partial charge in [-0.05, 0) is 24.3 Å². The number of carboxylic acid groups (broad SMARTS) is 1. The molecule has 0 unspecified atom stereocenters. The lowest BCUT2D eigenvalue weighted by Gasteiger charge is -2.09. The van der Waals surface area contributed by atoms with E-state index in [0.717, 1.165) is 0 Å². The number of hydrogen-bond acceptors (Lipinski definition) is 3. The summed E-state index contributed by atoms with van der Waals surface area (Å²) in [6, 6.07) is 8.38. The lowest BCUT2D eigenvalue weighted by molar-refractivity contribution is -0.136. The van der Waals surface area contributed by atoms with E-state index in [4.69, 9.17) is 34.0 Å². The predicted octanol–water partition coefficient (Wildman–Crippen LogP) is 3.26. The van der Waals surface area contributed by atoms with Crippen molar-refractivity contribution >= 4 is 35.0 Å². The Hall–Kier alpha value is -1.78. The van der Waals surface area contributed by atoms with E-state index in [2.05, 4.69) is 4.98 Å². The second-order valence-corrected chi connectivity index (χ2v) is 4.77. The molecule has 0 radical (unpaired) electrons. The molecule has 0 aliphatic carbocycles. The van der Waals surface area contributed by atoms with Crippen LogP contribution in [-0.2, 0) is 11.2 Å². The van der Waals surface area contributed by atoms with Gasteiger partial charge in [-0.2, -0.15) is 0 Å². The number of nitrogens with two attached hydrogens (primary N) is 1. The first-order valence-electron chi connectivity index (χ1n) is 5.40. The fraction of sp³-hybridized carbons (Fsp3) is 0.0769. The van der Waals surface area contributed by atoms with Crippen LogP contribution in [-0.4, -0.2) is 16.1 Å². The summed E-state index contributed by atoms with van der Waals surface area (Å²) in [6.07, 6.45) is -0.168. The number of rotatable bonds is 3. The van der Waals surface area contributed by atoms with Crippen LogP contribution in [0.15, 0.2) is 30.3 Å². The zero-order valence-corrected chi connectivity index (χ0v) is 11.2. The molecule has 2 rings (SSSR count). The average molecular weight is 297 g/mol. The fourth-order valence-electron chi connectivity index (χ4n) is 1.71. The van der Waals surface area contributed by atoms with Crippen LogP contribution in [0.1, 0.15) is 5.69 Å². The minimum atomic E-state index is -0.954. The molecule has 0 aliphatic heterocycles. The van der Waals surface area contributed by atoms with Gasteiger partial charge in [-0.25, -0.2) is 4.98 Å². The van der Waals surface area contributed by atoms with Gasteiger partial charge in [0.1, 0.15) is 5.82 Å². The van der Waals surface area contributed by atoms with Crippen molar-refractivity contribution in [3.8, 4) is 11.1 Å². The lowest BCUT2D eigenvalue weighted by Crippen LogP contribution is -2.05. The summed E-state index contributed by atoms with van der Waals surface area (Å²) in [5, 5.41) is 9.70. The van der Waals surface area contributed by atoms with Crippen LogP contribution < -0.4 is 5.73 Å². The van der Waals surface area contributed by atoms with Crippen molar-refractivity contribution < 1.29 is 9.90 Å². The Morgan fingerprint density at radius 2 is 1.89 bits per heavy atom. The number of aliphatic carboxylic acids is 1. The monoisotopic (exact) mass is 296 g/mol. The quantitative estimate of drug-likeness (QED) is 0.911. The SMILES string of the molecule is Nc1nc(CC(=O)O)ccc1-c1ccc(Cl)cc1Cl. The molecule has 0 atom stereocenters. The molecule has 0 saturated heterocycles. The number of anilines is 1. The van der Waals surface area contributed by atoms with Gasteiger partial charge < -0.3 is 10.8 Å². The Balaban J connectivity index is 2.43. The third kappa shape index (κ3) is 3.16. The molecule has 0 aliphatic rings. The minimum absolute atomic E-state index is 0.168. The summed E-state index contributed by atoms with van der Waals surface area (Å²) in [5.74, 6) is -0.716. The highest BCUT2D eigenvalue weighted by Gasteiger charge is 2.10. The summed E-state index contributed by atoms with van der Waals surface area (Å²) in [6.45, 7) is 0. The molecule has 2 aromatic rings. The van der Waals surface area contributed by atoms with E-state index in [-0.39, 0.29) is 12.2 Å². The molecule has 0 spiro atoms. The van der Waals surface area contributed by atoms with Gasteiger partial charge in [-0.15, -0.1) is 0 Å². The van der Waals surface area contributed by atoms with Gasteiger partial charge in [0, 0.05) is 16.1 Å². The largest absolute Gasteiger partial charge is 0.481 e. The zero-order valence-electron chi connectivity index (χ0n) is 9.73. The molecule has 3 N–H and O–H groups in total. The van der Waals surface area contributed by atoms with Crippen LogP contribution in [0, 0.1) is 0 Å². The number of pyridine rings is 1. The number of aromatic nitrogens is 1. The van der Waals surface area contributed by atoms with E-state index in [1.165, 1.54) is 0 Å². The number of nitrogens with zero attached hydrogens (tertiary/aromatic N) is 1. The third-order valence-corrected chi connectivity index (χ3v) is 3.08. The number of hydrogen-bond donors (Lipinski definition) is 2. The second kappa shape index (κ2) is 5.47. The maximum atomic E-state index is 10.6.